The lowest BCUT2D eigenvalue weighted by Crippen LogP contribution is -2.03. The van der Waals surface area contributed by atoms with E-state index in [0.717, 1.165) is 23.5 Å². The number of aromatic nitrogens is 4. The molecule has 0 unspecified atom stereocenters. The van der Waals surface area contributed by atoms with Gasteiger partial charge in [0, 0.05) is 17.5 Å². The minimum Gasteiger partial charge on any atom is -0.369 e. The van der Waals surface area contributed by atoms with Gasteiger partial charge in [0.05, 0.1) is 18.4 Å². The van der Waals surface area contributed by atoms with Crippen molar-refractivity contribution < 1.29 is 0 Å². The van der Waals surface area contributed by atoms with Crippen molar-refractivity contribution in [3.05, 3.63) is 29.3 Å². The number of rotatable bonds is 2. The number of nitrogens with zero attached hydrogens (tertiary/aromatic N) is 3. The van der Waals surface area contributed by atoms with Gasteiger partial charge in [-0.25, -0.2) is 4.98 Å². The third kappa shape index (κ3) is 1.48. The highest BCUT2D eigenvalue weighted by Crippen LogP contribution is 2.10. The number of nitrogens with two attached hydrogens (primary N) is 1. The zero-order valence-electron chi connectivity index (χ0n) is 8.28. The summed E-state index contributed by atoms with van der Waals surface area (Å²) >= 11 is 0. The van der Waals surface area contributed by atoms with Crippen LogP contribution in [0.2, 0.25) is 0 Å². The van der Waals surface area contributed by atoms with Crippen molar-refractivity contribution in [2.24, 2.45) is 0 Å². The van der Waals surface area contributed by atoms with E-state index in [0.29, 0.717) is 5.95 Å². The number of nitrogen functional groups attached to an aromatic ring is 1. The second-order valence-electron chi connectivity index (χ2n) is 3.39. The molecule has 0 aromatic carbocycles. The molecule has 0 bridgehead atoms. The summed E-state index contributed by atoms with van der Waals surface area (Å²) in [5.74, 6) is 0.545. The van der Waals surface area contributed by atoms with E-state index in [1.807, 2.05) is 30.8 Å². The van der Waals surface area contributed by atoms with Crippen LogP contribution in [0, 0.1) is 13.8 Å². The maximum atomic E-state index is 5.73. The first-order valence-electron chi connectivity index (χ1n) is 4.45. The maximum Gasteiger partial charge on any atom is 0.200 e. The van der Waals surface area contributed by atoms with Crippen LogP contribution in [-0.4, -0.2) is 19.7 Å². The van der Waals surface area contributed by atoms with Gasteiger partial charge in [-0.3, -0.25) is 5.10 Å². The number of H-pyrrole nitrogens is 1. The Labute approximate surface area is 82.0 Å². The van der Waals surface area contributed by atoms with Gasteiger partial charge >= 0.3 is 0 Å². The zero-order chi connectivity index (χ0) is 10.1. The molecule has 2 rings (SSSR count). The molecule has 14 heavy (non-hydrogen) atoms. The van der Waals surface area contributed by atoms with E-state index in [1.165, 1.54) is 0 Å². The molecule has 0 aliphatic carbocycles. The van der Waals surface area contributed by atoms with Gasteiger partial charge in [0.1, 0.15) is 0 Å². The number of nitrogens with one attached hydrogen (secondary N) is 1. The summed E-state index contributed by atoms with van der Waals surface area (Å²) in [4.78, 5) is 4.13. The Kier molecular flexibility index (Phi) is 1.99. The maximum absolute atomic E-state index is 5.73. The largest absolute Gasteiger partial charge is 0.369 e. The van der Waals surface area contributed by atoms with Crippen molar-refractivity contribution in [1.82, 2.24) is 19.7 Å². The van der Waals surface area contributed by atoms with E-state index in [9.17, 15) is 0 Å². The highest BCUT2D eigenvalue weighted by molar-refractivity contribution is 5.25. The molecule has 0 aliphatic rings. The molecule has 74 valence electrons. The van der Waals surface area contributed by atoms with Crippen molar-refractivity contribution in [3.8, 4) is 0 Å². The summed E-state index contributed by atoms with van der Waals surface area (Å²) < 4.78 is 1.91. The first kappa shape index (κ1) is 8.80. The minimum absolute atomic E-state index is 0.545. The van der Waals surface area contributed by atoms with Crippen LogP contribution >= 0.6 is 0 Å². The SMILES string of the molecule is Cc1cn(Cc2cn[nH]c2C)c(N)n1. The second-order valence-corrected chi connectivity index (χ2v) is 3.39. The lowest BCUT2D eigenvalue weighted by Gasteiger charge is -2.02. The van der Waals surface area contributed by atoms with E-state index in [4.69, 9.17) is 5.73 Å². The van der Waals surface area contributed by atoms with Crippen molar-refractivity contribution >= 4 is 5.95 Å². The molecular formula is C9H13N5. The van der Waals surface area contributed by atoms with Gasteiger partial charge in [0.15, 0.2) is 0 Å². The summed E-state index contributed by atoms with van der Waals surface area (Å²) in [6.07, 6.45) is 3.74. The number of aryl methyl sites for hydroxylation is 2. The monoisotopic (exact) mass is 191 g/mol. The number of hydrogen-bond donors (Lipinski definition) is 2. The Morgan fingerprint density at radius 1 is 1.50 bits per heavy atom. The van der Waals surface area contributed by atoms with Crippen LogP contribution < -0.4 is 5.73 Å². The summed E-state index contributed by atoms with van der Waals surface area (Å²) in [5.41, 5.74) is 8.86. The molecule has 2 aromatic rings. The highest BCUT2D eigenvalue weighted by Gasteiger charge is 2.05. The second kappa shape index (κ2) is 3.17. The third-order valence-corrected chi connectivity index (χ3v) is 2.20. The lowest BCUT2D eigenvalue weighted by atomic mass is 10.2. The average Bonchev–Trinajstić information content (AvgIpc) is 2.62. The van der Waals surface area contributed by atoms with E-state index in [2.05, 4.69) is 15.2 Å². The number of imidazole rings is 1. The molecule has 0 aliphatic heterocycles. The first-order valence-corrected chi connectivity index (χ1v) is 4.45. The normalized spacial score (nSPS) is 10.7. The van der Waals surface area contributed by atoms with E-state index >= 15 is 0 Å². The van der Waals surface area contributed by atoms with Gasteiger partial charge in [-0.15, -0.1) is 0 Å². The van der Waals surface area contributed by atoms with Gasteiger partial charge in [-0.05, 0) is 13.8 Å². The van der Waals surface area contributed by atoms with Crippen LogP contribution in [0.15, 0.2) is 12.4 Å². The smallest absolute Gasteiger partial charge is 0.200 e. The van der Waals surface area contributed by atoms with Gasteiger partial charge in [-0.2, -0.15) is 5.10 Å². The molecular weight excluding hydrogens is 178 g/mol. The van der Waals surface area contributed by atoms with Crippen molar-refractivity contribution in [2.75, 3.05) is 5.73 Å². The zero-order valence-corrected chi connectivity index (χ0v) is 8.28. The fraction of sp³-hybridized carbons (Fsp3) is 0.333. The molecule has 3 N–H and O–H groups in total. The quantitative estimate of drug-likeness (QED) is 0.739. The molecule has 5 nitrogen and oxygen atoms in total. The standard InChI is InChI=1S/C9H13N5/c1-6-4-14(9(10)12-6)5-8-3-11-13-7(8)2/h3-4H,5H2,1-2H3,(H2,10,12)(H,11,13). The Bertz CT molecular complexity index is 440. The van der Waals surface area contributed by atoms with Gasteiger partial charge < -0.3 is 10.3 Å². The summed E-state index contributed by atoms with van der Waals surface area (Å²) in [7, 11) is 0. The average molecular weight is 191 g/mol. The summed E-state index contributed by atoms with van der Waals surface area (Å²) in [6.45, 7) is 4.63. The van der Waals surface area contributed by atoms with Crippen LogP contribution in [0.1, 0.15) is 17.0 Å². The molecule has 2 heterocycles. The number of aromatic amines is 1. The molecule has 0 amide bonds. The molecule has 0 fully saturated rings. The van der Waals surface area contributed by atoms with E-state index in [-0.39, 0.29) is 0 Å². The Balaban J connectivity index is 2.27. The summed E-state index contributed by atoms with van der Waals surface area (Å²) in [6, 6.07) is 0. The third-order valence-electron chi connectivity index (χ3n) is 2.20. The predicted octanol–water partition coefficient (Wildman–Crippen LogP) is 0.854. The van der Waals surface area contributed by atoms with Gasteiger partial charge in [-0.1, -0.05) is 0 Å². The fourth-order valence-electron chi connectivity index (χ4n) is 1.41. The molecule has 0 spiro atoms. The Morgan fingerprint density at radius 2 is 2.29 bits per heavy atom. The predicted molar refractivity (Wildman–Crippen MR) is 53.8 cm³/mol. The van der Waals surface area contributed by atoms with Crippen LogP contribution in [0.3, 0.4) is 0 Å². The molecule has 0 saturated heterocycles. The van der Waals surface area contributed by atoms with Crippen molar-refractivity contribution in [3.63, 3.8) is 0 Å². The lowest BCUT2D eigenvalue weighted by molar-refractivity contribution is 0.805. The van der Waals surface area contributed by atoms with Crippen LogP contribution in [0.4, 0.5) is 5.95 Å². The minimum atomic E-state index is 0.545. The molecule has 0 radical (unpaired) electrons. The van der Waals surface area contributed by atoms with Crippen LogP contribution in [0.25, 0.3) is 0 Å². The molecule has 5 heteroatoms. The topological polar surface area (TPSA) is 72.5 Å². The van der Waals surface area contributed by atoms with Crippen molar-refractivity contribution in [1.29, 1.82) is 0 Å². The van der Waals surface area contributed by atoms with Gasteiger partial charge in [0.25, 0.3) is 0 Å². The fourth-order valence-corrected chi connectivity index (χ4v) is 1.41. The van der Waals surface area contributed by atoms with Crippen LogP contribution in [-0.2, 0) is 6.54 Å². The van der Waals surface area contributed by atoms with Crippen LogP contribution in [0.5, 0.6) is 0 Å². The molecule has 0 atom stereocenters. The first-order chi connectivity index (χ1) is 6.66. The summed E-state index contributed by atoms with van der Waals surface area (Å²) in [5, 5.41) is 6.85. The van der Waals surface area contributed by atoms with Gasteiger partial charge in [0.2, 0.25) is 5.95 Å². The Morgan fingerprint density at radius 3 is 2.79 bits per heavy atom. The molecule has 2 aromatic heterocycles. The Hall–Kier alpha value is -1.78. The van der Waals surface area contributed by atoms with E-state index in [1.54, 1.807) is 0 Å². The number of hydrogen-bond acceptors (Lipinski definition) is 3. The number of anilines is 1. The van der Waals surface area contributed by atoms with E-state index < -0.39 is 0 Å². The van der Waals surface area contributed by atoms with Crippen molar-refractivity contribution in [2.45, 2.75) is 20.4 Å². The highest BCUT2D eigenvalue weighted by atomic mass is 15.2. The molecule has 0 saturated carbocycles.